The van der Waals surface area contributed by atoms with E-state index in [1.165, 1.54) is 6.20 Å². The van der Waals surface area contributed by atoms with Crippen molar-refractivity contribution in [2.75, 3.05) is 49.9 Å². The van der Waals surface area contributed by atoms with E-state index in [1.54, 1.807) is 37.4 Å². The Kier molecular flexibility index (Phi) is 6.50. The maximum atomic E-state index is 12.4. The average molecular weight is 399 g/mol. The van der Waals surface area contributed by atoms with Crippen molar-refractivity contribution in [2.24, 2.45) is 0 Å². The van der Waals surface area contributed by atoms with Crippen LogP contribution >= 0.6 is 0 Å². The Hall–Kier alpha value is -3.33. The van der Waals surface area contributed by atoms with Gasteiger partial charge in [0, 0.05) is 26.3 Å². The summed E-state index contributed by atoms with van der Waals surface area (Å²) in [6.45, 7) is 1.25. The zero-order chi connectivity index (χ0) is 20.8. The lowest BCUT2D eigenvalue weighted by molar-refractivity contribution is -0.116. The van der Waals surface area contributed by atoms with E-state index in [-0.39, 0.29) is 24.3 Å². The monoisotopic (exact) mass is 399 g/mol. The molecule has 2 heterocycles. The fourth-order valence-corrected chi connectivity index (χ4v) is 3.02. The molecule has 1 aliphatic heterocycles. The number of ether oxygens (including phenoxy) is 2. The smallest absolute Gasteiger partial charge is 0.251 e. The summed E-state index contributed by atoms with van der Waals surface area (Å²) in [5.74, 6) is 0.727. The van der Waals surface area contributed by atoms with Crippen LogP contribution < -0.4 is 26.0 Å². The number of amides is 2. The second-order valence-corrected chi connectivity index (χ2v) is 6.73. The number of carbonyl (C=O) groups is 2. The predicted molar refractivity (Wildman–Crippen MR) is 110 cm³/mol. The molecule has 29 heavy (non-hydrogen) atoms. The lowest BCUT2D eigenvalue weighted by Crippen LogP contribution is -2.42. The molecule has 9 heteroatoms. The molecule has 2 aromatic rings. The number of nitrogens with zero attached hydrogens (tertiary/aromatic N) is 2. The Bertz CT molecular complexity index is 872. The highest BCUT2D eigenvalue weighted by Gasteiger charge is 2.27. The van der Waals surface area contributed by atoms with Crippen molar-refractivity contribution in [3.8, 4) is 5.75 Å². The average Bonchev–Trinajstić information content (AvgIpc) is 2.72. The molecule has 0 radical (unpaired) electrons. The minimum Gasteiger partial charge on any atom is -0.489 e. The van der Waals surface area contributed by atoms with Crippen LogP contribution in [-0.2, 0) is 9.53 Å². The molecule has 2 amide bonds. The first kappa shape index (κ1) is 20.4. The van der Waals surface area contributed by atoms with Gasteiger partial charge in [0.05, 0.1) is 36.6 Å². The highest BCUT2D eigenvalue weighted by molar-refractivity contribution is 5.96. The summed E-state index contributed by atoms with van der Waals surface area (Å²) < 4.78 is 10.7. The van der Waals surface area contributed by atoms with E-state index in [9.17, 15) is 9.59 Å². The number of methoxy groups -OCH3 is 1. The van der Waals surface area contributed by atoms with Crippen LogP contribution in [-0.4, -0.2) is 56.8 Å². The number of nitrogens with two attached hydrogens (primary N) is 1. The standard InChI is InChI=1S/C20H25N5O4/c1-25-15(10-19(26)24-14-4-6-18(21)23-11-14)12-29-17-5-3-13(9-16(17)25)20(27)22-7-8-28-2/h3-6,9,11,15H,7-8,10,12H2,1-2H3,(H2,21,23)(H,22,27)(H,24,26)/t15-/m1/s1. The number of hydrogen-bond donors (Lipinski definition) is 3. The van der Waals surface area contributed by atoms with Crippen molar-refractivity contribution >= 4 is 29.0 Å². The summed E-state index contributed by atoms with van der Waals surface area (Å²) in [5.41, 5.74) is 7.43. The number of nitrogen functional groups attached to an aromatic ring is 1. The maximum Gasteiger partial charge on any atom is 0.251 e. The van der Waals surface area contributed by atoms with Crippen molar-refractivity contribution in [2.45, 2.75) is 12.5 Å². The lowest BCUT2D eigenvalue weighted by Gasteiger charge is -2.35. The number of likely N-dealkylation sites (N-methyl/N-ethyl adjacent to an activating group) is 1. The maximum absolute atomic E-state index is 12.4. The van der Waals surface area contributed by atoms with E-state index in [0.717, 1.165) is 5.69 Å². The topological polar surface area (TPSA) is 119 Å². The van der Waals surface area contributed by atoms with Crippen molar-refractivity contribution in [1.82, 2.24) is 10.3 Å². The summed E-state index contributed by atoms with van der Waals surface area (Å²) in [6, 6.07) is 8.41. The van der Waals surface area contributed by atoms with Gasteiger partial charge in [-0.15, -0.1) is 0 Å². The largest absolute Gasteiger partial charge is 0.489 e. The molecule has 9 nitrogen and oxygen atoms in total. The second-order valence-electron chi connectivity index (χ2n) is 6.73. The Balaban J connectivity index is 1.64. The zero-order valence-corrected chi connectivity index (χ0v) is 16.5. The molecule has 0 spiro atoms. The molecular formula is C20H25N5O4. The van der Waals surface area contributed by atoms with Crippen molar-refractivity contribution in [3.63, 3.8) is 0 Å². The Morgan fingerprint density at radius 3 is 2.90 bits per heavy atom. The Morgan fingerprint density at radius 2 is 2.17 bits per heavy atom. The number of pyridine rings is 1. The van der Waals surface area contributed by atoms with E-state index in [2.05, 4.69) is 15.6 Å². The molecule has 1 atom stereocenters. The normalized spacial score (nSPS) is 15.2. The summed E-state index contributed by atoms with van der Waals surface area (Å²) in [7, 11) is 3.47. The van der Waals surface area contributed by atoms with Crippen LogP contribution in [0.15, 0.2) is 36.5 Å². The minimum atomic E-state index is -0.186. The van der Waals surface area contributed by atoms with Gasteiger partial charge >= 0.3 is 0 Å². The zero-order valence-electron chi connectivity index (χ0n) is 16.5. The first-order valence-corrected chi connectivity index (χ1v) is 9.26. The molecule has 0 unspecified atom stereocenters. The molecule has 3 rings (SSSR count). The van der Waals surface area contributed by atoms with Crippen LogP contribution in [0.5, 0.6) is 5.75 Å². The van der Waals surface area contributed by atoms with Gasteiger partial charge in [-0.25, -0.2) is 4.98 Å². The molecule has 1 aromatic carbocycles. The van der Waals surface area contributed by atoms with Gasteiger partial charge in [-0.2, -0.15) is 0 Å². The predicted octanol–water partition coefficient (Wildman–Crippen LogP) is 1.27. The van der Waals surface area contributed by atoms with E-state index in [1.807, 2.05) is 11.9 Å². The number of aromatic nitrogens is 1. The number of nitrogens with one attached hydrogen (secondary N) is 2. The van der Waals surface area contributed by atoms with E-state index in [4.69, 9.17) is 15.2 Å². The molecule has 1 aliphatic rings. The second kappa shape index (κ2) is 9.24. The van der Waals surface area contributed by atoms with Crippen LogP contribution in [0.4, 0.5) is 17.2 Å². The van der Waals surface area contributed by atoms with Crippen LogP contribution in [0.1, 0.15) is 16.8 Å². The van der Waals surface area contributed by atoms with Gasteiger partial charge in [0.15, 0.2) is 0 Å². The molecule has 1 aromatic heterocycles. The first-order valence-electron chi connectivity index (χ1n) is 9.26. The Morgan fingerprint density at radius 1 is 1.34 bits per heavy atom. The van der Waals surface area contributed by atoms with E-state index in [0.29, 0.717) is 42.6 Å². The summed E-state index contributed by atoms with van der Waals surface area (Å²) in [5, 5.41) is 5.60. The molecule has 0 bridgehead atoms. The van der Waals surface area contributed by atoms with Crippen LogP contribution in [0.2, 0.25) is 0 Å². The third-order valence-corrected chi connectivity index (χ3v) is 4.66. The van der Waals surface area contributed by atoms with E-state index >= 15 is 0 Å². The van der Waals surface area contributed by atoms with E-state index < -0.39 is 0 Å². The van der Waals surface area contributed by atoms with Gasteiger partial charge in [-0.05, 0) is 30.3 Å². The third kappa shape index (κ3) is 5.14. The van der Waals surface area contributed by atoms with Gasteiger partial charge in [-0.1, -0.05) is 0 Å². The molecule has 0 aliphatic carbocycles. The van der Waals surface area contributed by atoms with Crippen molar-refractivity contribution in [3.05, 3.63) is 42.1 Å². The minimum absolute atomic E-state index is 0.158. The molecule has 0 saturated carbocycles. The van der Waals surface area contributed by atoms with Gasteiger partial charge in [0.2, 0.25) is 5.91 Å². The lowest BCUT2D eigenvalue weighted by atomic mass is 10.1. The summed E-state index contributed by atoms with van der Waals surface area (Å²) >= 11 is 0. The number of hydrogen-bond acceptors (Lipinski definition) is 7. The summed E-state index contributed by atoms with van der Waals surface area (Å²) in [4.78, 5) is 30.6. The number of carbonyl (C=O) groups excluding carboxylic acids is 2. The fourth-order valence-electron chi connectivity index (χ4n) is 3.02. The van der Waals surface area contributed by atoms with Gasteiger partial charge < -0.3 is 30.7 Å². The highest BCUT2D eigenvalue weighted by atomic mass is 16.5. The quantitative estimate of drug-likeness (QED) is 0.600. The van der Waals surface area contributed by atoms with Crippen molar-refractivity contribution in [1.29, 1.82) is 0 Å². The van der Waals surface area contributed by atoms with Crippen LogP contribution in [0.3, 0.4) is 0 Å². The van der Waals surface area contributed by atoms with Gasteiger partial charge in [0.1, 0.15) is 18.2 Å². The molecular weight excluding hydrogens is 374 g/mol. The van der Waals surface area contributed by atoms with Crippen molar-refractivity contribution < 1.29 is 19.1 Å². The molecule has 154 valence electrons. The van der Waals surface area contributed by atoms with Crippen LogP contribution in [0, 0.1) is 0 Å². The third-order valence-electron chi connectivity index (χ3n) is 4.66. The molecule has 0 fully saturated rings. The van der Waals surface area contributed by atoms with Gasteiger partial charge in [0.25, 0.3) is 5.91 Å². The first-order chi connectivity index (χ1) is 14.0. The summed E-state index contributed by atoms with van der Waals surface area (Å²) in [6.07, 6.45) is 1.74. The van der Waals surface area contributed by atoms with Crippen LogP contribution in [0.25, 0.3) is 0 Å². The molecule has 4 N–H and O–H groups in total. The van der Waals surface area contributed by atoms with Gasteiger partial charge in [-0.3, -0.25) is 9.59 Å². The SMILES string of the molecule is COCCNC(=O)c1ccc2c(c1)N(C)[C@H](CC(=O)Nc1ccc(N)nc1)CO2. The number of rotatable bonds is 7. The fraction of sp³-hybridized carbons (Fsp3) is 0.350. The molecule has 0 saturated heterocycles. The number of benzene rings is 1. The Labute approximate surface area is 169 Å². The highest BCUT2D eigenvalue weighted by Crippen LogP contribution is 2.34. The number of anilines is 3. The number of fused-ring (bicyclic) bond motifs is 1.